The van der Waals surface area contributed by atoms with Gasteiger partial charge in [-0.05, 0) is 55.8 Å². The number of rotatable bonds is 5. The number of carbonyl (C=O) groups is 1. The number of piperidine rings is 1. The monoisotopic (exact) mass is 426 g/mol. The summed E-state index contributed by atoms with van der Waals surface area (Å²) in [5.74, 6) is -1.86. The molecule has 1 aliphatic heterocycles. The number of benzene rings is 2. The Morgan fingerprint density at radius 3 is 2.94 bits per heavy atom. The summed E-state index contributed by atoms with van der Waals surface area (Å²) in [7, 11) is 0. The van der Waals surface area contributed by atoms with E-state index in [-0.39, 0.29) is 11.6 Å². The molecule has 1 unspecified atom stereocenters. The molecule has 1 saturated heterocycles. The molecule has 4 rings (SSSR count). The van der Waals surface area contributed by atoms with Gasteiger partial charge in [0.25, 0.3) is 5.91 Å². The fourth-order valence-corrected chi connectivity index (χ4v) is 4.20. The highest BCUT2D eigenvalue weighted by atomic mass is 19.2. The quantitative estimate of drug-likeness (QED) is 0.365. The van der Waals surface area contributed by atoms with E-state index in [1.165, 1.54) is 12.1 Å². The largest absolute Gasteiger partial charge is 0.317 e. The van der Waals surface area contributed by atoms with Crippen LogP contribution in [-0.2, 0) is 4.79 Å². The lowest BCUT2D eigenvalue weighted by Gasteiger charge is -2.33. The van der Waals surface area contributed by atoms with Crippen molar-refractivity contribution < 1.29 is 18.8 Å². The van der Waals surface area contributed by atoms with Crippen LogP contribution in [0, 0.1) is 11.6 Å². The van der Waals surface area contributed by atoms with Gasteiger partial charge < -0.3 is 9.47 Å². The van der Waals surface area contributed by atoms with Gasteiger partial charge in [-0.2, -0.15) is 0 Å². The number of halogens is 2. The average molecular weight is 426 g/mol. The standard InChI is InChI=1S/C23H24F2N4O2/c1-2-28-12-4-7-17(14-28)29-22-19(10-9-18(24)21(22)25)26-23(29)16-6-3-5-15(13-16)8-11-20(30)27-31/h3,5-6,8-11,13,17,31H,2,4,7,12,14H2,1H3,(H,27,30)/b11-8+. The summed E-state index contributed by atoms with van der Waals surface area (Å²) in [5, 5.41) is 8.66. The SMILES string of the molecule is CCN1CCCC(n2c(-c3cccc(/C=C/C(=O)NO)c3)nc3ccc(F)c(F)c32)C1. The van der Waals surface area contributed by atoms with E-state index in [9.17, 15) is 13.6 Å². The number of fused-ring (bicyclic) bond motifs is 1. The van der Waals surface area contributed by atoms with Crippen molar-refractivity contribution in [3.8, 4) is 11.4 Å². The molecular weight excluding hydrogens is 402 g/mol. The lowest BCUT2D eigenvalue weighted by molar-refractivity contribution is -0.124. The Balaban J connectivity index is 1.86. The third-order valence-corrected chi connectivity index (χ3v) is 5.72. The lowest BCUT2D eigenvalue weighted by atomic mass is 10.0. The van der Waals surface area contributed by atoms with E-state index in [1.54, 1.807) is 17.6 Å². The van der Waals surface area contributed by atoms with Gasteiger partial charge >= 0.3 is 0 Å². The Kier molecular flexibility index (Phi) is 6.11. The zero-order valence-electron chi connectivity index (χ0n) is 17.2. The summed E-state index contributed by atoms with van der Waals surface area (Å²) in [6.45, 7) is 4.70. The first-order chi connectivity index (χ1) is 15.0. The first-order valence-corrected chi connectivity index (χ1v) is 10.3. The van der Waals surface area contributed by atoms with Gasteiger partial charge in [0.1, 0.15) is 11.3 Å². The number of imidazole rings is 1. The van der Waals surface area contributed by atoms with Gasteiger partial charge in [0.05, 0.1) is 5.52 Å². The Morgan fingerprint density at radius 1 is 1.32 bits per heavy atom. The van der Waals surface area contributed by atoms with Crippen LogP contribution in [0.25, 0.3) is 28.5 Å². The number of likely N-dealkylation sites (tertiary alicyclic amines) is 1. The van der Waals surface area contributed by atoms with Crippen molar-refractivity contribution in [2.24, 2.45) is 0 Å². The van der Waals surface area contributed by atoms with Crippen LogP contribution in [-0.4, -0.2) is 45.2 Å². The average Bonchev–Trinajstić information content (AvgIpc) is 3.20. The number of hydroxylamine groups is 1. The maximum Gasteiger partial charge on any atom is 0.267 e. The van der Waals surface area contributed by atoms with Gasteiger partial charge in [0.2, 0.25) is 0 Å². The highest BCUT2D eigenvalue weighted by Crippen LogP contribution is 2.34. The van der Waals surface area contributed by atoms with Crippen LogP contribution in [0.4, 0.5) is 8.78 Å². The number of aromatic nitrogens is 2. The van der Waals surface area contributed by atoms with Crippen molar-refractivity contribution in [1.29, 1.82) is 0 Å². The second-order valence-corrected chi connectivity index (χ2v) is 7.66. The molecule has 2 N–H and O–H groups in total. The zero-order valence-corrected chi connectivity index (χ0v) is 17.2. The van der Waals surface area contributed by atoms with Gasteiger partial charge in [-0.25, -0.2) is 19.2 Å². The Hall–Kier alpha value is -3.10. The van der Waals surface area contributed by atoms with Gasteiger partial charge in [0, 0.05) is 24.2 Å². The number of hydrogen-bond donors (Lipinski definition) is 2. The zero-order chi connectivity index (χ0) is 22.0. The second kappa shape index (κ2) is 8.95. The summed E-state index contributed by atoms with van der Waals surface area (Å²) in [5.41, 5.74) is 3.58. The van der Waals surface area contributed by atoms with Gasteiger partial charge in [0.15, 0.2) is 11.6 Å². The Labute approximate surface area is 178 Å². The topological polar surface area (TPSA) is 70.4 Å². The molecule has 1 fully saturated rings. The van der Waals surface area contributed by atoms with Gasteiger partial charge in [-0.1, -0.05) is 25.1 Å². The van der Waals surface area contributed by atoms with Gasteiger partial charge in [-0.3, -0.25) is 10.0 Å². The van der Waals surface area contributed by atoms with Crippen LogP contribution in [0.3, 0.4) is 0 Å². The molecule has 162 valence electrons. The van der Waals surface area contributed by atoms with Crippen LogP contribution < -0.4 is 5.48 Å². The second-order valence-electron chi connectivity index (χ2n) is 7.66. The molecule has 8 heteroatoms. The third kappa shape index (κ3) is 4.22. The summed E-state index contributed by atoms with van der Waals surface area (Å²) in [6, 6.07) is 9.87. The van der Waals surface area contributed by atoms with Crippen LogP contribution in [0.5, 0.6) is 0 Å². The number of carbonyl (C=O) groups excluding carboxylic acids is 1. The molecule has 0 aliphatic carbocycles. The van der Waals surface area contributed by atoms with Crippen LogP contribution in [0.2, 0.25) is 0 Å². The van der Waals surface area contributed by atoms with E-state index in [0.717, 1.165) is 44.1 Å². The van der Waals surface area contributed by atoms with Crippen molar-refractivity contribution in [3.05, 3.63) is 59.7 Å². The van der Waals surface area contributed by atoms with E-state index in [1.807, 2.05) is 22.8 Å². The normalized spacial score (nSPS) is 17.5. The molecule has 1 aliphatic rings. The summed E-state index contributed by atoms with van der Waals surface area (Å²) in [4.78, 5) is 18.3. The smallest absolute Gasteiger partial charge is 0.267 e. The molecule has 0 bridgehead atoms. The van der Waals surface area contributed by atoms with Crippen molar-refractivity contribution in [1.82, 2.24) is 19.9 Å². The number of nitrogens with one attached hydrogen (secondary N) is 1. The summed E-state index contributed by atoms with van der Waals surface area (Å²) < 4.78 is 30.9. The first-order valence-electron chi connectivity index (χ1n) is 10.3. The van der Waals surface area contributed by atoms with Gasteiger partial charge in [-0.15, -0.1) is 0 Å². The lowest BCUT2D eigenvalue weighted by Crippen LogP contribution is -2.36. The molecule has 3 aromatic rings. The van der Waals surface area contributed by atoms with E-state index in [4.69, 9.17) is 5.21 Å². The highest BCUT2D eigenvalue weighted by Gasteiger charge is 2.27. The number of hydrogen-bond acceptors (Lipinski definition) is 4. The molecule has 1 aromatic heterocycles. The van der Waals surface area contributed by atoms with Crippen LogP contribution >= 0.6 is 0 Å². The van der Waals surface area contributed by atoms with E-state index in [0.29, 0.717) is 16.9 Å². The number of nitrogens with zero attached hydrogens (tertiary/aromatic N) is 3. The molecule has 0 saturated carbocycles. The number of amides is 1. The molecule has 31 heavy (non-hydrogen) atoms. The van der Waals surface area contributed by atoms with Crippen molar-refractivity contribution >= 4 is 23.0 Å². The fraction of sp³-hybridized carbons (Fsp3) is 0.304. The van der Waals surface area contributed by atoms with Crippen molar-refractivity contribution in [2.75, 3.05) is 19.6 Å². The highest BCUT2D eigenvalue weighted by molar-refractivity contribution is 5.91. The minimum absolute atomic E-state index is 0.0376. The van der Waals surface area contributed by atoms with E-state index >= 15 is 0 Å². The number of likely N-dealkylation sites (N-methyl/N-ethyl adjacent to an activating group) is 1. The van der Waals surface area contributed by atoms with Crippen LogP contribution in [0.15, 0.2) is 42.5 Å². The molecule has 1 atom stereocenters. The molecule has 6 nitrogen and oxygen atoms in total. The van der Waals surface area contributed by atoms with Crippen LogP contribution in [0.1, 0.15) is 31.4 Å². The molecule has 0 radical (unpaired) electrons. The molecule has 2 aromatic carbocycles. The predicted molar refractivity (Wildman–Crippen MR) is 114 cm³/mol. The first kappa shape index (κ1) is 21.1. The molecular formula is C23H24F2N4O2. The maximum absolute atomic E-state index is 14.9. The minimum Gasteiger partial charge on any atom is -0.317 e. The van der Waals surface area contributed by atoms with Crippen molar-refractivity contribution in [3.63, 3.8) is 0 Å². The Bertz CT molecular complexity index is 1140. The molecule has 0 spiro atoms. The van der Waals surface area contributed by atoms with Crippen molar-refractivity contribution in [2.45, 2.75) is 25.8 Å². The fourth-order valence-electron chi connectivity index (χ4n) is 4.20. The van der Waals surface area contributed by atoms with E-state index in [2.05, 4.69) is 16.8 Å². The third-order valence-electron chi connectivity index (χ3n) is 5.72. The molecule has 1 amide bonds. The minimum atomic E-state index is -0.893. The predicted octanol–water partition coefficient (Wildman–Crippen LogP) is 4.16. The summed E-state index contributed by atoms with van der Waals surface area (Å²) >= 11 is 0. The summed E-state index contributed by atoms with van der Waals surface area (Å²) in [6.07, 6.45) is 4.58. The Morgan fingerprint density at radius 2 is 2.16 bits per heavy atom. The van der Waals surface area contributed by atoms with E-state index < -0.39 is 17.5 Å². The molecule has 2 heterocycles. The maximum atomic E-state index is 14.9.